The lowest BCUT2D eigenvalue weighted by molar-refractivity contribution is -0.0232. The molecule has 2 rings (SSSR count). The Hall–Kier alpha value is -0.930. The predicted octanol–water partition coefficient (Wildman–Crippen LogP) is 1.59. The molecule has 0 saturated heterocycles. The fraction of sp³-hybridized carbons (Fsp3) is 0.700. The average Bonchev–Trinajstić information content (AvgIpc) is 2.80. The van der Waals surface area contributed by atoms with Gasteiger partial charge in [0, 0.05) is 7.05 Å². The average molecular weight is 359 g/mol. The first-order chi connectivity index (χ1) is 9.41. The largest absolute Gasteiger partial charge is 0.385 e. The molecule has 1 atom stereocenters. The summed E-state index contributed by atoms with van der Waals surface area (Å²) in [6.45, 7) is 4.26. The zero-order chi connectivity index (χ0) is 16.2. The van der Waals surface area contributed by atoms with Crippen LogP contribution in [0.3, 0.4) is 0 Å². The van der Waals surface area contributed by atoms with Gasteiger partial charge in [-0.25, -0.2) is 22.5 Å². The van der Waals surface area contributed by atoms with Crippen LogP contribution in [0.2, 0.25) is 0 Å². The van der Waals surface area contributed by atoms with Crippen molar-refractivity contribution in [2.24, 2.45) is 12.2 Å². The Labute approximate surface area is 131 Å². The van der Waals surface area contributed by atoms with Crippen molar-refractivity contribution in [3.63, 3.8) is 0 Å². The van der Waals surface area contributed by atoms with Crippen LogP contribution in [0.1, 0.15) is 25.5 Å². The van der Waals surface area contributed by atoms with E-state index >= 15 is 0 Å². The van der Waals surface area contributed by atoms with Gasteiger partial charge in [-0.1, -0.05) is 28.4 Å². The number of oxime groups is 1. The maximum Gasteiger partial charge on any atom is 0.282 e. The van der Waals surface area contributed by atoms with Crippen LogP contribution in [0.5, 0.6) is 0 Å². The highest BCUT2D eigenvalue weighted by Gasteiger charge is 2.57. The Morgan fingerprint density at radius 3 is 2.38 bits per heavy atom. The van der Waals surface area contributed by atoms with Gasteiger partial charge in [-0.05, 0) is 20.8 Å². The fourth-order valence-electron chi connectivity index (χ4n) is 1.76. The van der Waals surface area contributed by atoms with Crippen molar-refractivity contribution in [1.82, 2.24) is 14.8 Å². The summed E-state index contributed by atoms with van der Waals surface area (Å²) in [6.07, 6.45) is -1.99. The van der Waals surface area contributed by atoms with Crippen LogP contribution in [0.25, 0.3) is 0 Å². The van der Waals surface area contributed by atoms with Crippen LogP contribution in [-0.2, 0) is 25.4 Å². The molecule has 7 nitrogen and oxygen atoms in total. The molecule has 21 heavy (non-hydrogen) atoms. The third kappa shape index (κ3) is 2.40. The van der Waals surface area contributed by atoms with Crippen LogP contribution in [-0.4, -0.2) is 40.0 Å². The normalized spacial score (nSPS) is 22.0. The minimum Gasteiger partial charge on any atom is -0.385 e. The van der Waals surface area contributed by atoms with Crippen LogP contribution in [0.4, 0.5) is 4.39 Å². The molecule has 1 aromatic heterocycles. The van der Waals surface area contributed by atoms with Gasteiger partial charge >= 0.3 is 0 Å². The molecular formula is C10H13Cl2FN4O3S. The second kappa shape index (κ2) is 4.79. The molecule has 1 unspecified atom stereocenters. The predicted molar refractivity (Wildman–Crippen MR) is 75.5 cm³/mol. The van der Waals surface area contributed by atoms with E-state index in [1.54, 1.807) is 0 Å². The van der Waals surface area contributed by atoms with Gasteiger partial charge in [-0.2, -0.15) is 5.10 Å². The summed E-state index contributed by atoms with van der Waals surface area (Å²) in [6, 6.07) is 0. The highest BCUT2D eigenvalue weighted by atomic mass is 35.5. The summed E-state index contributed by atoms with van der Waals surface area (Å²) in [5, 5.41) is 6.31. The van der Waals surface area contributed by atoms with E-state index < -0.39 is 30.3 Å². The van der Waals surface area contributed by atoms with Crippen molar-refractivity contribution >= 4 is 38.1 Å². The molecule has 2 heterocycles. The minimum absolute atomic E-state index is 0.247. The molecule has 0 N–H and O–H groups in total. The van der Waals surface area contributed by atoms with Gasteiger partial charge in [-0.3, -0.25) is 0 Å². The number of aromatic nitrogens is 3. The lowest BCUT2D eigenvalue weighted by Gasteiger charge is -2.21. The molecule has 0 bridgehead atoms. The molecule has 118 valence electrons. The summed E-state index contributed by atoms with van der Waals surface area (Å²) >= 11 is 11.9. The minimum atomic E-state index is -4.56. The lowest BCUT2D eigenvalue weighted by atomic mass is 10.1. The topological polar surface area (TPSA) is 86.4 Å². The molecule has 1 aliphatic heterocycles. The van der Waals surface area contributed by atoms with Crippen LogP contribution in [0, 0.1) is 6.92 Å². The van der Waals surface area contributed by atoms with E-state index in [9.17, 15) is 12.8 Å². The van der Waals surface area contributed by atoms with E-state index in [-0.39, 0.29) is 11.6 Å². The van der Waals surface area contributed by atoms with E-state index in [0.29, 0.717) is 0 Å². The number of nitrogens with zero attached hydrogens (tertiary/aromatic N) is 4. The van der Waals surface area contributed by atoms with Gasteiger partial charge in [0.25, 0.3) is 3.67 Å². The Kier molecular flexibility index (Phi) is 3.75. The number of hydrogen-bond donors (Lipinski definition) is 0. The molecule has 0 radical (unpaired) electrons. The van der Waals surface area contributed by atoms with Crippen molar-refractivity contribution < 1.29 is 17.6 Å². The molecule has 1 aromatic rings. The smallest absolute Gasteiger partial charge is 0.282 e. The number of alkyl halides is 3. The number of hydrogen-bond acceptors (Lipinski definition) is 6. The monoisotopic (exact) mass is 358 g/mol. The number of sulfone groups is 1. The van der Waals surface area contributed by atoms with Gasteiger partial charge < -0.3 is 4.84 Å². The molecule has 0 saturated carbocycles. The van der Waals surface area contributed by atoms with Gasteiger partial charge in [0.15, 0.2) is 17.6 Å². The van der Waals surface area contributed by atoms with Gasteiger partial charge in [-0.15, -0.1) is 0 Å². The van der Waals surface area contributed by atoms with Gasteiger partial charge in [0.1, 0.15) is 5.82 Å². The van der Waals surface area contributed by atoms with Crippen molar-refractivity contribution in [3.05, 3.63) is 11.6 Å². The number of halogens is 3. The van der Waals surface area contributed by atoms with E-state index in [2.05, 4.69) is 15.2 Å². The van der Waals surface area contributed by atoms with Crippen molar-refractivity contribution in [2.75, 3.05) is 0 Å². The fourth-order valence-corrected chi connectivity index (χ4v) is 3.93. The van der Waals surface area contributed by atoms with Crippen LogP contribution in [0.15, 0.2) is 5.16 Å². The first-order valence-electron chi connectivity index (χ1n) is 5.82. The Morgan fingerprint density at radius 1 is 1.43 bits per heavy atom. The zero-order valence-electron chi connectivity index (χ0n) is 11.6. The lowest BCUT2D eigenvalue weighted by Crippen LogP contribution is -2.42. The van der Waals surface area contributed by atoms with Gasteiger partial charge in [0.2, 0.25) is 14.9 Å². The molecule has 0 aromatic carbocycles. The quantitative estimate of drug-likeness (QED) is 0.749. The summed E-state index contributed by atoms with van der Waals surface area (Å²) in [5.74, 6) is 0.0260. The van der Waals surface area contributed by atoms with Crippen LogP contribution >= 0.6 is 23.2 Å². The Bertz CT molecular complexity index is 714. The first-order valence-corrected chi connectivity index (χ1v) is 8.06. The third-order valence-corrected chi connectivity index (χ3v) is 6.19. The standard InChI is InChI=1S/C10H13Cl2FN4O3S/c1-5-14-8(17(4)15-5)10(11,12)21(18,19)7-6(13)9(2,3)20-16-7/h6H,1-4H3. The van der Waals surface area contributed by atoms with Crippen molar-refractivity contribution in [1.29, 1.82) is 0 Å². The SMILES string of the molecule is Cc1nc(C(Cl)(Cl)S(=O)(=O)C2=NOC(C)(C)C2F)n(C)n1. The number of rotatable bonds is 2. The highest BCUT2D eigenvalue weighted by molar-refractivity contribution is 8.09. The number of aryl methyl sites for hydroxylation is 2. The van der Waals surface area contributed by atoms with Gasteiger partial charge in [0.05, 0.1) is 0 Å². The maximum atomic E-state index is 14.2. The zero-order valence-corrected chi connectivity index (χ0v) is 14.0. The first kappa shape index (κ1) is 16.4. The molecule has 1 aliphatic rings. The third-order valence-electron chi connectivity index (χ3n) is 2.94. The Morgan fingerprint density at radius 2 is 2.00 bits per heavy atom. The molecule has 11 heteroatoms. The van der Waals surface area contributed by atoms with Crippen molar-refractivity contribution in [3.8, 4) is 0 Å². The summed E-state index contributed by atoms with van der Waals surface area (Å²) < 4.78 is 37.8. The molecule has 0 spiro atoms. The molecule has 0 aliphatic carbocycles. The highest BCUT2D eigenvalue weighted by Crippen LogP contribution is 2.42. The van der Waals surface area contributed by atoms with E-state index in [0.717, 1.165) is 4.68 Å². The van der Waals surface area contributed by atoms with E-state index in [4.69, 9.17) is 28.0 Å². The second-order valence-electron chi connectivity index (χ2n) is 5.11. The van der Waals surface area contributed by atoms with E-state index in [1.807, 2.05) is 0 Å². The second-order valence-corrected chi connectivity index (χ2v) is 8.93. The summed E-state index contributed by atoms with van der Waals surface area (Å²) in [7, 11) is -3.14. The van der Waals surface area contributed by atoms with E-state index in [1.165, 1.54) is 27.8 Å². The summed E-state index contributed by atoms with van der Waals surface area (Å²) in [5.41, 5.74) is -1.41. The van der Waals surface area contributed by atoms with Crippen molar-refractivity contribution in [2.45, 2.75) is 36.2 Å². The van der Waals surface area contributed by atoms with Crippen LogP contribution < -0.4 is 0 Å². The molecule has 0 fully saturated rings. The summed E-state index contributed by atoms with van der Waals surface area (Å²) in [4.78, 5) is 8.66. The molecule has 0 amide bonds. The Balaban J connectivity index is 2.52. The maximum absolute atomic E-state index is 14.2. The molecular weight excluding hydrogens is 346 g/mol.